The van der Waals surface area contributed by atoms with Crippen molar-refractivity contribution in [3.05, 3.63) is 47.0 Å². The standard InChI is InChI=1S/C17H18FN3O3/c1-10-3-2-8-21-14(15(10)22)16(23)13(20-21)17(24)19-9-11-4-6-12(18)7-5-11/h4-7,10,23H,2-3,8-9H2,1H3,(H,19,24). The lowest BCUT2D eigenvalue weighted by Crippen LogP contribution is -2.23. The van der Waals surface area contributed by atoms with E-state index in [2.05, 4.69) is 10.4 Å². The molecule has 24 heavy (non-hydrogen) atoms. The summed E-state index contributed by atoms with van der Waals surface area (Å²) < 4.78 is 14.3. The number of aromatic hydroxyl groups is 1. The Morgan fingerprint density at radius 2 is 2.12 bits per heavy atom. The second kappa shape index (κ2) is 6.43. The Bertz CT molecular complexity index is 783. The SMILES string of the molecule is CC1CCCn2nc(C(=O)NCc3ccc(F)cc3)c(O)c2C1=O. The van der Waals surface area contributed by atoms with Crippen LogP contribution < -0.4 is 5.32 Å². The fourth-order valence-corrected chi connectivity index (χ4v) is 2.79. The molecule has 0 saturated carbocycles. The molecule has 3 rings (SSSR count). The van der Waals surface area contributed by atoms with E-state index in [1.165, 1.54) is 16.8 Å². The number of hydrogen-bond donors (Lipinski definition) is 2. The molecule has 0 bridgehead atoms. The number of aryl methyl sites for hydroxylation is 1. The van der Waals surface area contributed by atoms with Crippen LogP contribution in [0.4, 0.5) is 4.39 Å². The number of Topliss-reactive ketones (excluding diaryl/α,β-unsaturated/α-hetero) is 1. The molecule has 126 valence electrons. The summed E-state index contributed by atoms with van der Waals surface area (Å²) in [6.45, 7) is 2.47. The van der Waals surface area contributed by atoms with Crippen LogP contribution in [0.3, 0.4) is 0 Å². The average molecular weight is 331 g/mol. The number of halogens is 1. The van der Waals surface area contributed by atoms with E-state index in [1.807, 2.05) is 0 Å². The Balaban J connectivity index is 1.78. The van der Waals surface area contributed by atoms with E-state index in [1.54, 1.807) is 19.1 Å². The summed E-state index contributed by atoms with van der Waals surface area (Å²) in [5, 5.41) is 17.0. The molecule has 7 heteroatoms. The quantitative estimate of drug-likeness (QED) is 0.904. The van der Waals surface area contributed by atoms with Crippen LogP contribution in [0.5, 0.6) is 5.75 Å². The van der Waals surface area contributed by atoms with Crippen LogP contribution in [-0.4, -0.2) is 26.6 Å². The Morgan fingerprint density at radius 1 is 1.42 bits per heavy atom. The number of carbonyl (C=O) groups excluding carboxylic acids is 2. The summed E-state index contributed by atoms with van der Waals surface area (Å²) in [4.78, 5) is 24.6. The lowest BCUT2D eigenvalue weighted by molar-refractivity contribution is 0.0919. The van der Waals surface area contributed by atoms with Crippen molar-refractivity contribution in [2.24, 2.45) is 5.92 Å². The molecule has 1 aromatic heterocycles. The largest absolute Gasteiger partial charge is 0.504 e. The average Bonchev–Trinajstić information content (AvgIpc) is 2.82. The molecule has 1 aliphatic rings. The predicted octanol–water partition coefficient (Wildman–Crippen LogP) is 2.27. The highest BCUT2D eigenvalue weighted by Crippen LogP contribution is 2.29. The number of hydrogen-bond acceptors (Lipinski definition) is 4. The van der Waals surface area contributed by atoms with E-state index in [4.69, 9.17) is 0 Å². The van der Waals surface area contributed by atoms with E-state index in [0.29, 0.717) is 6.54 Å². The van der Waals surface area contributed by atoms with Crippen LogP contribution in [0.2, 0.25) is 0 Å². The first-order valence-electron chi connectivity index (χ1n) is 7.84. The monoisotopic (exact) mass is 331 g/mol. The van der Waals surface area contributed by atoms with Gasteiger partial charge in [-0.3, -0.25) is 14.3 Å². The minimum Gasteiger partial charge on any atom is -0.504 e. The Labute approximate surface area is 138 Å². The number of amides is 1. The highest BCUT2D eigenvalue weighted by molar-refractivity contribution is 6.03. The van der Waals surface area contributed by atoms with E-state index in [9.17, 15) is 19.1 Å². The van der Waals surface area contributed by atoms with Gasteiger partial charge >= 0.3 is 0 Å². The van der Waals surface area contributed by atoms with Crippen LogP contribution in [0.1, 0.15) is 46.3 Å². The van der Waals surface area contributed by atoms with Gasteiger partial charge in [-0.1, -0.05) is 19.1 Å². The molecule has 1 amide bonds. The van der Waals surface area contributed by atoms with Crippen molar-refractivity contribution >= 4 is 11.7 Å². The fourth-order valence-electron chi connectivity index (χ4n) is 2.79. The summed E-state index contributed by atoms with van der Waals surface area (Å²) in [6, 6.07) is 5.72. The number of aromatic nitrogens is 2. The van der Waals surface area contributed by atoms with Gasteiger partial charge in [-0.2, -0.15) is 5.10 Å². The second-order valence-corrected chi connectivity index (χ2v) is 5.99. The zero-order chi connectivity index (χ0) is 17.3. The van der Waals surface area contributed by atoms with Crippen LogP contribution >= 0.6 is 0 Å². The highest BCUT2D eigenvalue weighted by atomic mass is 19.1. The van der Waals surface area contributed by atoms with Gasteiger partial charge in [0.05, 0.1) is 0 Å². The lowest BCUT2D eigenvalue weighted by atomic mass is 9.99. The number of carbonyl (C=O) groups is 2. The molecule has 2 N–H and O–H groups in total. The maximum absolute atomic E-state index is 12.9. The van der Waals surface area contributed by atoms with Crippen molar-refractivity contribution in [3.8, 4) is 5.75 Å². The van der Waals surface area contributed by atoms with Crippen LogP contribution in [0, 0.1) is 11.7 Å². The zero-order valence-corrected chi connectivity index (χ0v) is 13.3. The highest BCUT2D eigenvalue weighted by Gasteiger charge is 2.31. The molecule has 1 unspecified atom stereocenters. The Kier molecular flexibility index (Phi) is 4.33. The van der Waals surface area contributed by atoms with Crippen molar-refractivity contribution in [1.82, 2.24) is 15.1 Å². The number of rotatable bonds is 3. The minimum absolute atomic E-state index is 0.104. The van der Waals surface area contributed by atoms with Gasteiger partial charge in [0.25, 0.3) is 5.91 Å². The van der Waals surface area contributed by atoms with E-state index in [-0.39, 0.29) is 41.2 Å². The van der Waals surface area contributed by atoms with E-state index >= 15 is 0 Å². The summed E-state index contributed by atoms with van der Waals surface area (Å²) in [5.41, 5.74) is 0.663. The fraction of sp³-hybridized carbons (Fsp3) is 0.353. The Morgan fingerprint density at radius 3 is 2.83 bits per heavy atom. The van der Waals surface area contributed by atoms with Gasteiger partial charge in [0.1, 0.15) is 11.5 Å². The molecular weight excluding hydrogens is 313 g/mol. The smallest absolute Gasteiger partial charge is 0.275 e. The lowest BCUT2D eigenvalue weighted by Gasteiger charge is -2.05. The van der Waals surface area contributed by atoms with Gasteiger partial charge in [0.15, 0.2) is 17.2 Å². The minimum atomic E-state index is -0.571. The first kappa shape index (κ1) is 16.2. The Hall–Kier alpha value is -2.70. The third-order valence-corrected chi connectivity index (χ3v) is 4.20. The van der Waals surface area contributed by atoms with E-state index < -0.39 is 5.91 Å². The third-order valence-electron chi connectivity index (χ3n) is 4.20. The molecule has 1 aliphatic heterocycles. The molecule has 0 spiro atoms. The maximum Gasteiger partial charge on any atom is 0.275 e. The van der Waals surface area contributed by atoms with Gasteiger partial charge in [-0.05, 0) is 30.5 Å². The van der Waals surface area contributed by atoms with Crippen LogP contribution in [0.15, 0.2) is 24.3 Å². The molecule has 6 nitrogen and oxygen atoms in total. The first-order chi connectivity index (χ1) is 11.5. The van der Waals surface area contributed by atoms with Gasteiger partial charge in [-0.25, -0.2) is 4.39 Å². The van der Waals surface area contributed by atoms with Crippen LogP contribution in [0.25, 0.3) is 0 Å². The molecular formula is C17H18FN3O3. The van der Waals surface area contributed by atoms with E-state index in [0.717, 1.165) is 18.4 Å². The van der Waals surface area contributed by atoms with Gasteiger partial charge in [0, 0.05) is 19.0 Å². The summed E-state index contributed by atoms with van der Waals surface area (Å²) >= 11 is 0. The third kappa shape index (κ3) is 3.02. The van der Waals surface area contributed by atoms with Crippen molar-refractivity contribution in [3.63, 3.8) is 0 Å². The second-order valence-electron chi connectivity index (χ2n) is 5.99. The molecule has 0 aliphatic carbocycles. The summed E-state index contributed by atoms with van der Waals surface area (Å²) in [5.74, 6) is -1.70. The summed E-state index contributed by atoms with van der Waals surface area (Å²) in [6.07, 6.45) is 1.49. The van der Waals surface area contributed by atoms with Crippen molar-refractivity contribution in [2.75, 3.05) is 0 Å². The number of fused-ring (bicyclic) bond motifs is 1. The van der Waals surface area contributed by atoms with Gasteiger partial charge in [-0.15, -0.1) is 0 Å². The first-order valence-corrected chi connectivity index (χ1v) is 7.84. The van der Waals surface area contributed by atoms with Gasteiger partial charge < -0.3 is 10.4 Å². The molecule has 2 heterocycles. The molecule has 0 saturated heterocycles. The number of nitrogens with one attached hydrogen (secondary N) is 1. The van der Waals surface area contributed by atoms with Crippen molar-refractivity contribution in [2.45, 2.75) is 32.9 Å². The van der Waals surface area contributed by atoms with Gasteiger partial charge in [0.2, 0.25) is 0 Å². The number of ketones is 1. The van der Waals surface area contributed by atoms with Crippen molar-refractivity contribution < 1.29 is 19.1 Å². The van der Waals surface area contributed by atoms with Crippen molar-refractivity contribution in [1.29, 1.82) is 0 Å². The summed E-state index contributed by atoms with van der Waals surface area (Å²) in [7, 11) is 0. The molecule has 1 aromatic carbocycles. The molecule has 0 fully saturated rings. The number of benzene rings is 1. The molecule has 0 radical (unpaired) electrons. The molecule has 1 atom stereocenters. The van der Waals surface area contributed by atoms with Crippen LogP contribution in [-0.2, 0) is 13.1 Å². The predicted molar refractivity (Wildman–Crippen MR) is 84.2 cm³/mol. The topological polar surface area (TPSA) is 84.2 Å². The zero-order valence-electron chi connectivity index (χ0n) is 13.3. The number of nitrogens with zero attached hydrogens (tertiary/aromatic N) is 2. The normalized spacial score (nSPS) is 17.2. The molecule has 2 aromatic rings. The maximum atomic E-state index is 12.9.